The Morgan fingerprint density at radius 1 is 1.25 bits per heavy atom. The third kappa shape index (κ3) is 4.90. The van der Waals surface area contributed by atoms with Crippen molar-refractivity contribution in [3.8, 4) is 0 Å². The van der Waals surface area contributed by atoms with Crippen molar-refractivity contribution in [3.63, 3.8) is 0 Å². The topological polar surface area (TPSA) is 49.6 Å². The predicted octanol–water partition coefficient (Wildman–Crippen LogP) is 0.565. The van der Waals surface area contributed by atoms with E-state index < -0.39 is 0 Å². The van der Waals surface area contributed by atoms with Crippen molar-refractivity contribution < 1.29 is 4.79 Å². The van der Waals surface area contributed by atoms with Gasteiger partial charge >= 0.3 is 0 Å². The predicted molar refractivity (Wildman–Crippen MR) is 71.3 cm³/mol. The SMILES string of the molecule is CC(C)C(C(=O)N(C)CCN(C)C)C(N)=S. The van der Waals surface area contributed by atoms with E-state index in [9.17, 15) is 4.79 Å². The molecule has 0 saturated carbocycles. The molecule has 16 heavy (non-hydrogen) atoms. The molecule has 1 amide bonds. The van der Waals surface area contributed by atoms with Crippen LogP contribution in [0, 0.1) is 11.8 Å². The Hall–Kier alpha value is -0.680. The average molecular weight is 245 g/mol. The van der Waals surface area contributed by atoms with E-state index in [1.165, 1.54) is 0 Å². The molecular formula is C11H23N3OS. The quantitative estimate of drug-likeness (QED) is 0.695. The molecule has 0 rings (SSSR count). The Morgan fingerprint density at radius 2 is 1.75 bits per heavy atom. The third-order valence-electron chi connectivity index (χ3n) is 2.50. The maximum atomic E-state index is 12.1. The summed E-state index contributed by atoms with van der Waals surface area (Å²) in [5, 5.41) is 0. The molecule has 0 aromatic heterocycles. The minimum Gasteiger partial charge on any atom is -0.393 e. The fraction of sp³-hybridized carbons (Fsp3) is 0.818. The molecule has 0 spiro atoms. The maximum Gasteiger partial charge on any atom is 0.232 e. The van der Waals surface area contributed by atoms with E-state index in [4.69, 9.17) is 18.0 Å². The summed E-state index contributed by atoms with van der Waals surface area (Å²) in [6, 6.07) is 0. The van der Waals surface area contributed by atoms with Crippen molar-refractivity contribution in [3.05, 3.63) is 0 Å². The van der Waals surface area contributed by atoms with Crippen LogP contribution in [0.2, 0.25) is 0 Å². The molecule has 0 bridgehead atoms. The van der Waals surface area contributed by atoms with Gasteiger partial charge in [0.1, 0.15) is 0 Å². The lowest BCUT2D eigenvalue weighted by molar-refractivity contribution is -0.133. The van der Waals surface area contributed by atoms with Crippen LogP contribution in [-0.4, -0.2) is 54.9 Å². The van der Waals surface area contributed by atoms with Gasteiger partial charge in [-0.3, -0.25) is 4.79 Å². The number of rotatable bonds is 6. The summed E-state index contributed by atoms with van der Waals surface area (Å²) in [7, 11) is 5.75. The van der Waals surface area contributed by atoms with Crippen LogP contribution >= 0.6 is 12.2 Å². The monoisotopic (exact) mass is 245 g/mol. The van der Waals surface area contributed by atoms with Crippen LogP contribution < -0.4 is 5.73 Å². The number of nitrogens with two attached hydrogens (primary N) is 1. The molecule has 0 saturated heterocycles. The number of hydrogen-bond donors (Lipinski definition) is 1. The van der Waals surface area contributed by atoms with Crippen molar-refractivity contribution in [2.75, 3.05) is 34.2 Å². The fourth-order valence-electron chi connectivity index (χ4n) is 1.43. The number of carbonyl (C=O) groups excluding carboxylic acids is 1. The van der Waals surface area contributed by atoms with Gasteiger partial charge in [0.2, 0.25) is 5.91 Å². The van der Waals surface area contributed by atoms with Gasteiger partial charge in [-0.15, -0.1) is 0 Å². The van der Waals surface area contributed by atoms with Gasteiger partial charge in [-0.1, -0.05) is 26.1 Å². The first kappa shape index (κ1) is 15.3. The number of amides is 1. The molecule has 4 nitrogen and oxygen atoms in total. The lowest BCUT2D eigenvalue weighted by atomic mass is 9.94. The molecule has 1 unspecified atom stereocenters. The normalized spacial score (nSPS) is 12.9. The maximum absolute atomic E-state index is 12.1. The number of nitrogens with zero attached hydrogens (tertiary/aromatic N) is 2. The highest BCUT2D eigenvalue weighted by Gasteiger charge is 2.27. The zero-order valence-electron chi connectivity index (χ0n) is 10.9. The van der Waals surface area contributed by atoms with E-state index in [-0.39, 0.29) is 22.7 Å². The third-order valence-corrected chi connectivity index (χ3v) is 2.75. The zero-order chi connectivity index (χ0) is 12.9. The van der Waals surface area contributed by atoms with Gasteiger partial charge in [-0.05, 0) is 20.0 Å². The van der Waals surface area contributed by atoms with E-state index in [0.29, 0.717) is 6.54 Å². The van der Waals surface area contributed by atoms with Crippen LogP contribution in [0.4, 0.5) is 0 Å². The average Bonchev–Trinajstić information content (AvgIpc) is 2.12. The lowest BCUT2D eigenvalue weighted by Gasteiger charge is -2.26. The summed E-state index contributed by atoms with van der Waals surface area (Å²) in [5.41, 5.74) is 5.61. The summed E-state index contributed by atoms with van der Waals surface area (Å²) < 4.78 is 0. The van der Waals surface area contributed by atoms with Crippen molar-refractivity contribution in [1.82, 2.24) is 9.80 Å². The van der Waals surface area contributed by atoms with Crippen molar-refractivity contribution in [2.24, 2.45) is 17.6 Å². The zero-order valence-corrected chi connectivity index (χ0v) is 11.7. The van der Waals surface area contributed by atoms with Crippen LogP contribution in [0.1, 0.15) is 13.8 Å². The van der Waals surface area contributed by atoms with Gasteiger partial charge in [-0.2, -0.15) is 0 Å². The molecule has 5 heteroatoms. The van der Waals surface area contributed by atoms with Crippen LogP contribution in [0.3, 0.4) is 0 Å². The van der Waals surface area contributed by atoms with E-state index in [1.54, 1.807) is 11.9 Å². The van der Waals surface area contributed by atoms with Gasteiger partial charge in [0.05, 0.1) is 10.9 Å². The lowest BCUT2D eigenvalue weighted by Crippen LogP contribution is -2.43. The van der Waals surface area contributed by atoms with Gasteiger partial charge < -0.3 is 15.5 Å². The molecule has 0 aliphatic rings. The molecule has 94 valence electrons. The second kappa shape index (κ2) is 6.81. The summed E-state index contributed by atoms with van der Waals surface area (Å²) in [5.74, 6) is -0.182. The highest BCUT2D eigenvalue weighted by molar-refractivity contribution is 7.80. The summed E-state index contributed by atoms with van der Waals surface area (Å²) in [6.45, 7) is 5.45. The largest absolute Gasteiger partial charge is 0.393 e. The van der Waals surface area contributed by atoms with Crippen LogP contribution in [0.15, 0.2) is 0 Å². The van der Waals surface area contributed by atoms with Crippen molar-refractivity contribution >= 4 is 23.1 Å². The minimum atomic E-state index is -0.345. The Balaban J connectivity index is 4.44. The minimum absolute atomic E-state index is 0.0179. The smallest absolute Gasteiger partial charge is 0.232 e. The summed E-state index contributed by atoms with van der Waals surface area (Å²) in [4.78, 5) is 16.1. The van der Waals surface area contributed by atoms with Gasteiger partial charge in [-0.25, -0.2) is 0 Å². The van der Waals surface area contributed by atoms with Crippen molar-refractivity contribution in [2.45, 2.75) is 13.8 Å². The van der Waals surface area contributed by atoms with Gasteiger partial charge in [0.15, 0.2) is 0 Å². The Bertz CT molecular complexity index is 254. The molecule has 0 heterocycles. The number of likely N-dealkylation sites (N-methyl/N-ethyl adjacent to an activating group) is 2. The second-order valence-corrected chi connectivity index (χ2v) is 5.16. The van der Waals surface area contributed by atoms with E-state index in [0.717, 1.165) is 6.54 Å². The van der Waals surface area contributed by atoms with Crippen LogP contribution in [0.5, 0.6) is 0 Å². The number of carbonyl (C=O) groups is 1. The fourth-order valence-corrected chi connectivity index (χ4v) is 1.81. The van der Waals surface area contributed by atoms with Crippen LogP contribution in [-0.2, 0) is 4.79 Å². The molecule has 0 radical (unpaired) electrons. The molecule has 0 aromatic carbocycles. The molecule has 0 fully saturated rings. The van der Waals surface area contributed by atoms with Crippen molar-refractivity contribution in [1.29, 1.82) is 0 Å². The molecule has 1 atom stereocenters. The van der Waals surface area contributed by atoms with Crippen LogP contribution in [0.25, 0.3) is 0 Å². The first-order chi connectivity index (χ1) is 7.27. The highest BCUT2D eigenvalue weighted by Crippen LogP contribution is 2.14. The Labute approximate surface area is 104 Å². The molecule has 0 aliphatic carbocycles. The highest BCUT2D eigenvalue weighted by atomic mass is 32.1. The molecule has 0 aliphatic heterocycles. The first-order valence-electron chi connectivity index (χ1n) is 5.46. The van der Waals surface area contributed by atoms with E-state index >= 15 is 0 Å². The number of thiocarbonyl (C=S) groups is 1. The van der Waals surface area contributed by atoms with Gasteiger partial charge in [0, 0.05) is 20.1 Å². The molecular weight excluding hydrogens is 222 g/mol. The Kier molecular flexibility index (Phi) is 6.52. The Morgan fingerprint density at radius 3 is 2.06 bits per heavy atom. The first-order valence-corrected chi connectivity index (χ1v) is 5.87. The van der Waals surface area contributed by atoms with E-state index in [2.05, 4.69) is 0 Å². The molecule has 0 aromatic rings. The second-order valence-electron chi connectivity index (χ2n) is 4.69. The standard InChI is InChI=1S/C11H23N3OS/c1-8(2)9(10(12)16)11(15)14(5)7-6-13(3)4/h8-9H,6-7H2,1-5H3,(H2,12,16). The summed E-state index contributed by atoms with van der Waals surface area (Å²) >= 11 is 4.94. The van der Waals surface area contributed by atoms with E-state index in [1.807, 2.05) is 32.8 Å². The molecule has 2 N–H and O–H groups in total. The van der Waals surface area contributed by atoms with Gasteiger partial charge in [0.25, 0.3) is 0 Å². The summed E-state index contributed by atoms with van der Waals surface area (Å²) in [6.07, 6.45) is 0. The number of hydrogen-bond acceptors (Lipinski definition) is 3.